The van der Waals surface area contributed by atoms with Crippen molar-refractivity contribution >= 4 is 0 Å². The van der Waals surface area contributed by atoms with Crippen molar-refractivity contribution in [2.24, 2.45) is 5.92 Å². The van der Waals surface area contributed by atoms with Gasteiger partial charge < -0.3 is 15.2 Å². The standard InChI is InChI=1S/C15H21F2NO2/c1-10-3-2-4-13(10)18-9-14(19)11-5-7-12(8-6-11)20-15(16)17/h5-8,10,13-15,18-19H,2-4,9H2,1H3. The molecule has 0 radical (unpaired) electrons. The van der Waals surface area contributed by atoms with Gasteiger partial charge in [-0.05, 0) is 36.5 Å². The second-order valence-corrected chi connectivity index (χ2v) is 5.39. The third-order valence-electron chi connectivity index (χ3n) is 3.92. The number of benzene rings is 1. The zero-order valence-electron chi connectivity index (χ0n) is 11.6. The third kappa shape index (κ3) is 4.15. The summed E-state index contributed by atoms with van der Waals surface area (Å²) < 4.78 is 28.3. The maximum atomic E-state index is 12.0. The highest BCUT2D eigenvalue weighted by Gasteiger charge is 2.23. The minimum absolute atomic E-state index is 0.105. The molecule has 5 heteroatoms. The van der Waals surface area contributed by atoms with E-state index in [2.05, 4.69) is 17.0 Å². The molecule has 0 heterocycles. The highest BCUT2D eigenvalue weighted by atomic mass is 19.3. The summed E-state index contributed by atoms with van der Waals surface area (Å²) in [5, 5.41) is 13.5. The summed E-state index contributed by atoms with van der Waals surface area (Å²) in [5.74, 6) is 0.748. The quantitative estimate of drug-likeness (QED) is 0.844. The molecule has 0 amide bonds. The zero-order chi connectivity index (χ0) is 14.5. The molecule has 3 nitrogen and oxygen atoms in total. The molecule has 20 heavy (non-hydrogen) atoms. The number of hydrogen-bond donors (Lipinski definition) is 2. The Hall–Kier alpha value is -1.20. The van der Waals surface area contributed by atoms with Crippen LogP contribution in [-0.2, 0) is 0 Å². The minimum Gasteiger partial charge on any atom is -0.435 e. The van der Waals surface area contributed by atoms with E-state index in [-0.39, 0.29) is 5.75 Å². The van der Waals surface area contributed by atoms with E-state index in [9.17, 15) is 13.9 Å². The molecule has 1 aromatic rings. The van der Waals surface area contributed by atoms with Crippen molar-refractivity contribution in [2.45, 2.75) is 44.9 Å². The van der Waals surface area contributed by atoms with Crippen LogP contribution in [0.5, 0.6) is 5.75 Å². The Morgan fingerprint density at radius 3 is 2.55 bits per heavy atom. The lowest BCUT2D eigenvalue weighted by molar-refractivity contribution is -0.0498. The van der Waals surface area contributed by atoms with Gasteiger partial charge in [-0.3, -0.25) is 0 Å². The van der Waals surface area contributed by atoms with E-state index in [1.165, 1.54) is 25.0 Å². The highest BCUT2D eigenvalue weighted by molar-refractivity contribution is 5.28. The highest BCUT2D eigenvalue weighted by Crippen LogP contribution is 2.25. The zero-order valence-corrected chi connectivity index (χ0v) is 11.6. The summed E-state index contributed by atoms with van der Waals surface area (Å²) in [5.41, 5.74) is 0.699. The fourth-order valence-electron chi connectivity index (χ4n) is 2.70. The molecule has 112 valence electrons. The van der Waals surface area contributed by atoms with Gasteiger partial charge in [0, 0.05) is 12.6 Å². The van der Waals surface area contributed by atoms with Gasteiger partial charge in [-0.2, -0.15) is 8.78 Å². The number of nitrogens with one attached hydrogen (secondary N) is 1. The molecule has 2 rings (SSSR count). The van der Waals surface area contributed by atoms with Gasteiger partial charge in [0.25, 0.3) is 0 Å². The molecular weight excluding hydrogens is 264 g/mol. The largest absolute Gasteiger partial charge is 0.435 e. The number of halogens is 2. The van der Waals surface area contributed by atoms with Gasteiger partial charge in [-0.1, -0.05) is 25.5 Å². The maximum Gasteiger partial charge on any atom is 0.387 e. The number of rotatable bonds is 6. The monoisotopic (exact) mass is 285 g/mol. The Labute approximate surface area is 117 Å². The molecule has 0 bridgehead atoms. The Kier molecular flexibility index (Phi) is 5.31. The molecule has 1 fully saturated rings. The van der Waals surface area contributed by atoms with Crippen LogP contribution in [0.25, 0.3) is 0 Å². The van der Waals surface area contributed by atoms with Crippen molar-refractivity contribution < 1.29 is 18.6 Å². The van der Waals surface area contributed by atoms with Gasteiger partial charge in [-0.25, -0.2) is 0 Å². The van der Waals surface area contributed by atoms with Gasteiger partial charge in [-0.15, -0.1) is 0 Å². The van der Waals surface area contributed by atoms with E-state index in [0.717, 1.165) is 6.42 Å². The molecule has 0 saturated heterocycles. The van der Waals surface area contributed by atoms with E-state index >= 15 is 0 Å². The van der Waals surface area contributed by atoms with Crippen LogP contribution in [-0.4, -0.2) is 24.3 Å². The molecular formula is C15H21F2NO2. The van der Waals surface area contributed by atoms with Crippen LogP contribution in [0.3, 0.4) is 0 Å². The lowest BCUT2D eigenvalue weighted by Crippen LogP contribution is -2.34. The van der Waals surface area contributed by atoms with Crippen LogP contribution < -0.4 is 10.1 Å². The average molecular weight is 285 g/mol. The SMILES string of the molecule is CC1CCCC1NCC(O)c1ccc(OC(F)F)cc1. The first-order chi connectivity index (χ1) is 9.56. The minimum atomic E-state index is -2.82. The molecule has 1 aromatic carbocycles. The second kappa shape index (κ2) is 6.99. The van der Waals surface area contributed by atoms with Crippen molar-refractivity contribution in [3.05, 3.63) is 29.8 Å². The lowest BCUT2D eigenvalue weighted by atomic mass is 10.1. The van der Waals surface area contributed by atoms with Crippen LogP contribution in [0.4, 0.5) is 8.78 Å². The predicted molar refractivity (Wildman–Crippen MR) is 72.8 cm³/mol. The molecule has 1 aliphatic carbocycles. The predicted octanol–water partition coefficient (Wildman–Crippen LogP) is 3.10. The number of aliphatic hydroxyl groups is 1. The third-order valence-corrected chi connectivity index (χ3v) is 3.92. The number of ether oxygens (including phenoxy) is 1. The summed E-state index contributed by atoms with van der Waals surface area (Å²) in [4.78, 5) is 0. The van der Waals surface area contributed by atoms with Crippen molar-refractivity contribution in [3.8, 4) is 5.75 Å². The Morgan fingerprint density at radius 2 is 2.00 bits per heavy atom. The van der Waals surface area contributed by atoms with E-state index in [1.807, 2.05) is 0 Å². The second-order valence-electron chi connectivity index (χ2n) is 5.39. The average Bonchev–Trinajstić information content (AvgIpc) is 2.82. The van der Waals surface area contributed by atoms with E-state index in [0.29, 0.717) is 24.1 Å². The molecule has 1 aliphatic rings. The first-order valence-electron chi connectivity index (χ1n) is 7.02. The molecule has 2 N–H and O–H groups in total. The van der Waals surface area contributed by atoms with Gasteiger partial charge in [0.1, 0.15) is 5.75 Å². The molecule has 1 saturated carbocycles. The molecule has 0 aromatic heterocycles. The lowest BCUT2D eigenvalue weighted by Gasteiger charge is -2.20. The number of hydrogen-bond acceptors (Lipinski definition) is 3. The topological polar surface area (TPSA) is 41.5 Å². The molecule has 3 unspecified atom stereocenters. The summed E-state index contributed by atoms with van der Waals surface area (Å²) in [7, 11) is 0. The van der Waals surface area contributed by atoms with Crippen LogP contribution in [0, 0.1) is 5.92 Å². The van der Waals surface area contributed by atoms with Crippen molar-refractivity contribution in [3.63, 3.8) is 0 Å². The van der Waals surface area contributed by atoms with Crippen LogP contribution in [0.1, 0.15) is 37.9 Å². The van der Waals surface area contributed by atoms with Gasteiger partial charge in [0.2, 0.25) is 0 Å². The Bertz CT molecular complexity index is 411. The van der Waals surface area contributed by atoms with Gasteiger partial charge >= 0.3 is 6.61 Å². The van der Waals surface area contributed by atoms with E-state index < -0.39 is 12.7 Å². The summed E-state index contributed by atoms with van der Waals surface area (Å²) in [6, 6.07) is 6.59. The number of aliphatic hydroxyl groups excluding tert-OH is 1. The van der Waals surface area contributed by atoms with Crippen LogP contribution >= 0.6 is 0 Å². The van der Waals surface area contributed by atoms with Gasteiger partial charge in [0.15, 0.2) is 0 Å². The normalized spacial score (nSPS) is 24.1. The Balaban J connectivity index is 1.84. The van der Waals surface area contributed by atoms with Crippen LogP contribution in [0.15, 0.2) is 24.3 Å². The van der Waals surface area contributed by atoms with Gasteiger partial charge in [0.05, 0.1) is 6.10 Å². The smallest absolute Gasteiger partial charge is 0.387 e. The fourth-order valence-corrected chi connectivity index (χ4v) is 2.70. The Morgan fingerprint density at radius 1 is 1.30 bits per heavy atom. The maximum absolute atomic E-state index is 12.0. The number of alkyl halides is 2. The van der Waals surface area contributed by atoms with E-state index in [1.54, 1.807) is 12.1 Å². The first kappa shape index (κ1) is 15.2. The fraction of sp³-hybridized carbons (Fsp3) is 0.600. The first-order valence-corrected chi connectivity index (χ1v) is 7.02. The molecule has 0 spiro atoms. The summed E-state index contributed by atoms with van der Waals surface area (Å²) in [6.07, 6.45) is 2.97. The molecule has 0 aliphatic heterocycles. The summed E-state index contributed by atoms with van der Waals surface area (Å²) >= 11 is 0. The molecule has 3 atom stereocenters. The van der Waals surface area contributed by atoms with Crippen molar-refractivity contribution in [2.75, 3.05) is 6.54 Å². The summed E-state index contributed by atoms with van der Waals surface area (Å²) in [6.45, 7) is -0.131. The van der Waals surface area contributed by atoms with Crippen LogP contribution in [0.2, 0.25) is 0 Å². The van der Waals surface area contributed by atoms with E-state index in [4.69, 9.17) is 0 Å². The van der Waals surface area contributed by atoms with Crippen molar-refractivity contribution in [1.29, 1.82) is 0 Å². The van der Waals surface area contributed by atoms with Crippen molar-refractivity contribution in [1.82, 2.24) is 5.32 Å².